The molecule has 2 heterocycles. The molecule has 2 aromatic carbocycles. The average Bonchev–Trinajstić information content (AvgIpc) is 3.54. The molecule has 0 spiro atoms. The van der Waals surface area contributed by atoms with E-state index in [1.54, 1.807) is 18.2 Å². The quantitative estimate of drug-likeness (QED) is 0.164. The summed E-state index contributed by atoms with van der Waals surface area (Å²) >= 11 is 1.42. The summed E-state index contributed by atoms with van der Waals surface area (Å²) in [6.07, 6.45) is 0.653. The van der Waals surface area contributed by atoms with Crippen molar-refractivity contribution in [3.8, 4) is 22.8 Å². The topological polar surface area (TPSA) is 116 Å². The maximum absolute atomic E-state index is 13.2. The Hall–Kier alpha value is -3.84. The van der Waals surface area contributed by atoms with Crippen molar-refractivity contribution >= 4 is 32.7 Å². The summed E-state index contributed by atoms with van der Waals surface area (Å²) in [4.78, 5) is 16.5. The predicted octanol–water partition coefficient (Wildman–Crippen LogP) is 8.40. The minimum absolute atomic E-state index is 0.0217. The standard InChI is InChI=1S/C33H34F3N3O6S/c1-16(2)43-25-13-20(31(40)41)14-26-29(25)38-32(46-26)37-27-18-9-10-19(27)12-21(11-18)42-15-23-28(39-45-30(23)17-7-8-17)22-5-3-4-6-24(22)44-33(34,35)36/h3-6,13-14,16-19,21,27H,7-12,15H2,1-2H3,(H,37,38)(H,40,41)/t18-,19+,21-,27+. The minimum Gasteiger partial charge on any atom is -0.489 e. The van der Waals surface area contributed by atoms with E-state index in [9.17, 15) is 23.1 Å². The SMILES string of the molecule is CC(C)Oc1cc(C(=O)O)cc2sc(N[C@H]3[C@@H]4CC[C@H]3C[C@H](OCc3c(-c5ccccc5OC(F)(F)F)noc3C3CC3)C4)nc12. The van der Waals surface area contributed by atoms with E-state index < -0.39 is 12.3 Å². The molecule has 46 heavy (non-hydrogen) atoms. The number of fused-ring (bicyclic) bond motifs is 3. The van der Waals surface area contributed by atoms with Gasteiger partial charge in [-0.1, -0.05) is 28.6 Å². The van der Waals surface area contributed by atoms with Crippen LogP contribution in [-0.4, -0.2) is 45.8 Å². The zero-order valence-electron chi connectivity index (χ0n) is 25.3. The van der Waals surface area contributed by atoms with E-state index >= 15 is 0 Å². The molecule has 2 aromatic heterocycles. The number of alkyl halides is 3. The van der Waals surface area contributed by atoms with Crippen molar-refractivity contribution in [2.45, 2.75) is 89.5 Å². The number of para-hydroxylation sites is 1. The molecule has 2 N–H and O–H groups in total. The van der Waals surface area contributed by atoms with Gasteiger partial charge in [0.05, 0.1) is 29.1 Å². The summed E-state index contributed by atoms with van der Waals surface area (Å²) in [5.41, 5.74) is 2.03. The number of carbonyl (C=O) groups is 1. The zero-order chi connectivity index (χ0) is 32.2. The van der Waals surface area contributed by atoms with Crippen molar-refractivity contribution in [1.82, 2.24) is 10.1 Å². The normalized spacial score (nSPS) is 22.8. The number of carboxylic acid groups (broad SMARTS) is 1. The highest BCUT2D eigenvalue weighted by atomic mass is 32.1. The fourth-order valence-electron chi connectivity index (χ4n) is 6.93. The molecule has 0 aliphatic heterocycles. The number of aromatic carboxylic acids is 1. The Morgan fingerprint density at radius 3 is 2.52 bits per heavy atom. The van der Waals surface area contributed by atoms with E-state index in [2.05, 4.69) is 15.2 Å². The number of carboxylic acids is 1. The molecule has 0 amide bonds. The summed E-state index contributed by atoms with van der Waals surface area (Å²) in [5.74, 6) is 0.687. The molecule has 0 unspecified atom stereocenters. The van der Waals surface area contributed by atoms with Gasteiger partial charge in [0.15, 0.2) is 5.13 Å². The lowest BCUT2D eigenvalue weighted by molar-refractivity contribution is -0.274. The van der Waals surface area contributed by atoms with Crippen molar-refractivity contribution in [3.63, 3.8) is 0 Å². The Labute approximate surface area is 267 Å². The Kier molecular flexibility index (Phi) is 8.08. The third-order valence-corrected chi connectivity index (χ3v) is 9.95. The van der Waals surface area contributed by atoms with Crippen LogP contribution in [0.2, 0.25) is 0 Å². The van der Waals surface area contributed by atoms with Gasteiger partial charge in [-0.05, 0) is 88.5 Å². The molecule has 9 nitrogen and oxygen atoms in total. The summed E-state index contributed by atoms with van der Waals surface area (Å²) in [5, 5.41) is 18.2. The predicted molar refractivity (Wildman–Crippen MR) is 164 cm³/mol. The molecule has 2 bridgehead atoms. The fourth-order valence-corrected chi connectivity index (χ4v) is 7.90. The molecule has 0 radical (unpaired) electrons. The number of nitrogens with one attached hydrogen (secondary N) is 1. The second-order valence-corrected chi connectivity index (χ2v) is 13.7. The fraction of sp³-hybridized carbons (Fsp3) is 0.485. The molecule has 3 saturated carbocycles. The number of rotatable bonds is 11. The lowest BCUT2D eigenvalue weighted by atomic mass is 9.82. The van der Waals surface area contributed by atoms with Gasteiger partial charge in [0.2, 0.25) is 0 Å². The molecule has 3 fully saturated rings. The largest absolute Gasteiger partial charge is 0.573 e. The lowest BCUT2D eigenvalue weighted by Gasteiger charge is -2.35. The monoisotopic (exact) mass is 657 g/mol. The van der Waals surface area contributed by atoms with Crippen LogP contribution in [0.4, 0.5) is 18.3 Å². The van der Waals surface area contributed by atoms with Gasteiger partial charge in [0, 0.05) is 23.1 Å². The number of hydrogen-bond donors (Lipinski definition) is 2. The first-order valence-electron chi connectivity index (χ1n) is 15.6. The number of thiazole rings is 1. The van der Waals surface area contributed by atoms with Crippen LogP contribution >= 0.6 is 11.3 Å². The lowest BCUT2D eigenvalue weighted by Crippen LogP contribution is -2.39. The third-order valence-electron chi connectivity index (χ3n) is 9.01. The Bertz CT molecular complexity index is 1740. The molecule has 4 aromatic rings. The van der Waals surface area contributed by atoms with Gasteiger partial charge in [0.25, 0.3) is 0 Å². The first-order chi connectivity index (χ1) is 22.0. The molecule has 7 rings (SSSR count). The van der Waals surface area contributed by atoms with Gasteiger partial charge < -0.3 is 29.2 Å². The van der Waals surface area contributed by atoms with Gasteiger partial charge in [-0.25, -0.2) is 9.78 Å². The number of ether oxygens (including phenoxy) is 3. The van der Waals surface area contributed by atoms with Crippen LogP contribution in [0.3, 0.4) is 0 Å². The van der Waals surface area contributed by atoms with Gasteiger partial charge in [-0.15, -0.1) is 13.2 Å². The summed E-state index contributed by atoms with van der Waals surface area (Å²) in [6.45, 7) is 3.97. The number of hydrogen-bond acceptors (Lipinski definition) is 9. The van der Waals surface area contributed by atoms with Crippen LogP contribution < -0.4 is 14.8 Å². The highest BCUT2D eigenvalue weighted by Crippen LogP contribution is 2.48. The molecule has 3 aliphatic rings. The molecule has 244 valence electrons. The molecular formula is C33H34F3N3O6S. The van der Waals surface area contributed by atoms with Crippen molar-refractivity contribution in [2.24, 2.45) is 11.8 Å². The first-order valence-corrected chi connectivity index (χ1v) is 16.4. The average molecular weight is 658 g/mol. The van der Waals surface area contributed by atoms with E-state index in [1.165, 1.54) is 29.5 Å². The van der Waals surface area contributed by atoms with E-state index in [4.69, 9.17) is 19.0 Å². The second-order valence-electron chi connectivity index (χ2n) is 12.7. The molecular weight excluding hydrogens is 623 g/mol. The molecule has 4 atom stereocenters. The van der Waals surface area contributed by atoms with Crippen LogP contribution in [0.1, 0.15) is 80.0 Å². The number of halogens is 3. The smallest absolute Gasteiger partial charge is 0.489 e. The van der Waals surface area contributed by atoms with Crippen LogP contribution in [-0.2, 0) is 11.3 Å². The van der Waals surface area contributed by atoms with E-state index in [0.29, 0.717) is 40.1 Å². The number of anilines is 1. The Morgan fingerprint density at radius 2 is 1.85 bits per heavy atom. The maximum Gasteiger partial charge on any atom is 0.573 e. The second kappa shape index (κ2) is 12.1. The summed E-state index contributed by atoms with van der Waals surface area (Å²) in [6, 6.07) is 9.33. The molecule has 3 aliphatic carbocycles. The number of benzene rings is 2. The van der Waals surface area contributed by atoms with E-state index in [0.717, 1.165) is 48.4 Å². The molecule has 0 saturated heterocycles. The first kappa shape index (κ1) is 30.8. The van der Waals surface area contributed by atoms with Gasteiger partial charge >= 0.3 is 12.3 Å². The molecule has 13 heteroatoms. The van der Waals surface area contributed by atoms with Crippen LogP contribution in [0.25, 0.3) is 21.5 Å². The van der Waals surface area contributed by atoms with Crippen molar-refractivity contribution in [2.75, 3.05) is 5.32 Å². The van der Waals surface area contributed by atoms with Crippen LogP contribution in [0.15, 0.2) is 40.9 Å². The van der Waals surface area contributed by atoms with Crippen LogP contribution in [0, 0.1) is 11.8 Å². The highest BCUT2D eigenvalue weighted by molar-refractivity contribution is 7.22. The van der Waals surface area contributed by atoms with E-state index in [-0.39, 0.29) is 47.7 Å². The summed E-state index contributed by atoms with van der Waals surface area (Å²) < 4.78 is 62.6. The number of aromatic nitrogens is 2. The Balaban J connectivity index is 1.06. The third kappa shape index (κ3) is 6.39. The van der Waals surface area contributed by atoms with Crippen molar-refractivity contribution < 1.29 is 41.8 Å². The summed E-state index contributed by atoms with van der Waals surface area (Å²) in [7, 11) is 0. The van der Waals surface area contributed by atoms with Gasteiger partial charge in [-0.3, -0.25) is 0 Å². The maximum atomic E-state index is 13.2. The van der Waals surface area contributed by atoms with E-state index in [1.807, 2.05) is 13.8 Å². The minimum atomic E-state index is -4.83. The van der Waals surface area contributed by atoms with Gasteiger partial charge in [0.1, 0.15) is 28.5 Å². The van der Waals surface area contributed by atoms with Gasteiger partial charge in [-0.2, -0.15) is 0 Å². The zero-order valence-corrected chi connectivity index (χ0v) is 26.1. The Morgan fingerprint density at radius 1 is 1.11 bits per heavy atom. The van der Waals surface area contributed by atoms with Crippen molar-refractivity contribution in [1.29, 1.82) is 0 Å². The number of nitrogens with zero attached hydrogens (tertiary/aromatic N) is 2. The highest BCUT2D eigenvalue weighted by Gasteiger charge is 2.44. The van der Waals surface area contributed by atoms with Crippen LogP contribution in [0.5, 0.6) is 11.5 Å². The van der Waals surface area contributed by atoms with Crippen molar-refractivity contribution in [3.05, 3.63) is 53.3 Å².